The highest BCUT2D eigenvalue weighted by Crippen LogP contribution is 2.23. The predicted molar refractivity (Wildman–Crippen MR) is 47.8 cm³/mol. The van der Waals surface area contributed by atoms with Crippen molar-refractivity contribution in [3.63, 3.8) is 0 Å². The third-order valence-electron chi connectivity index (χ3n) is 1.93. The predicted octanol–water partition coefficient (Wildman–Crippen LogP) is 3.57. The van der Waals surface area contributed by atoms with Gasteiger partial charge in [0.2, 0.25) is 0 Å². The van der Waals surface area contributed by atoms with Gasteiger partial charge in [-0.05, 0) is 36.3 Å². The smallest absolute Gasteiger partial charge is 0.00171 e. The molecular weight excluding hydrogens is 140 g/mol. The topological polar surface area (TPSA) is 0 Å². The van der Waals surface area contributed by atoms with Crippen LogP contribution in [0.15, 0.2) is 11.4 Å². The van der Waals surface area contributed by atoms with Crippen molar-refractivity contribution < 1.29 is 0 Å². The molecule has 1 heterocycles. The maximum Gasteiger partial charge on any atom is 0.00171 e. The number of rotatable bonds is 2. The molecule has 1 atom stereocenters. The molecule has 0 spiro atoms. The SMILES string of the molecule is CCC(C)c1csc(C)c1. The van der Waals surface area contributed by atoms with Crippen LogP contribution in [0.4, 0.5) is 0 Å². The van der Waals surface area contributed by atoms with E-state index in [0.717, 1.165) is 5.92 Å². The number of hydrogen-bond donors (Lipinski definition) is 0. The summed E-state index contributed by atoms with van der Waals surface area (Å²) in [4.78, 5) is 1.43. The molecule has 0 aliphatic carbocycles. The highest BCUT2D eigenvalue weighted by atomic mass is 32.1. The monoisotopic (exact) mass is 154 g/mol. The van der Waals surface area contributed by atoms with Crippen LogP contribution in [-0.2, 0) is 0 Å². The van der Waals surface area contributed by atoms with E-state index < -0.39 is 0 Å². The van der Waals surface area contributed by atoms with E-state index in [1.54, 1.807) is 0 Å². The quantitative estimate of drug-likeness (QED) is 0.611. The van der Waals surface area contributed by atoms with E-state index in [2.05, 4.69) is 32.2 Å². The van der Waals surface area contributed by atoms with Crippen LogP contribution in [0.5, 0.6) is 0 Å². The third-order valence-corrected chi connectivity index (χ3v) is 2.81. The minimum Gasteiger partial charge on any atom is -0.149 e. The summed E-state index contributed by atoms with van der Waals surface area (Å²) in [5.41, 5.74) is 1.50. The maximum absolute atomic E-state index is 2.29. The normalized spacial score (nSPS) is 13.5. The van der Waals surface area contributed by atoms with Crippen molar-refractivity contribution in [1.29, 1.82) is 0 Å². The lowest BCUT2D eigenvalue weighted by atomic mass is 10.0. The van der Waals surface area contributed by atoms with Gasteiger partial charge >= 0.3 is 0 Å². The summed E-state index contributed by atoms with van der Waals surface area (Å²) in [6, 6.07) is 2.29. The Morgan fingerprint density at radius 2 is 2.30 bits per heavy atom. The van der Waals surface area contributed by atoms with Crippen LogP contribution in [0, 0.1) is 6.92 Å². The van der Waals surface area contributed by atoms with Gasteiger partial charge in [-0.15, -0.1) is 11.3 Å². The van der Waals surface area contributed by atoms with Gasteiger partial charge < -0.3 is 0 Å². The standard InChI is InChI=1S/C9H14S/c1-4-7(2)9-5-8(3)10-6-9/h5-7H,4H2,1-3H3. The first-order valence-corrected chi connectivity index (χ1v) is 4.67. The maximum atomic E-state index is 2.29. The molecule has 0 bridgehead atoms. The Morgan fingerprint density at radius 3 is 2.70 bits per heavy atom. The highest BCUT2D eigenvalue weighted by Gasteiger charge is 2.02. The van der Waals surface area contributed by atoms with Gasteiger partial charge in [-0.3, -0.25) is 0 Å². The first-order valence-electron chi connectivity index (χ1n) is 3.79. The number of aryl methyl sites for hydroxylation is 1. The van der Waals surface area contributed by atoms with Gasteiger partial charge in [0.1, 0.15) is 0 Å². The van der Waals surface area contributed by atoms with Crippen LogP contribution >= 0.6 is 11.3 Å². The van der Waals surface area contributed by atoms with Gasteiger partial charge in [0, 0.05) is 4.88 Å². The molecule has 56 valence electrons. The van der Waals surface area contributed by atoms with Gasteiger partial charge in [-0.2, -0.15) is 0 Å². The van der Waals surface area contributed by atoms with Crippen molar-refractivity contribution in [3.8, 4) is 0 Å². The average molecular weight is 154 g/mol. The zero-order valence-electron chi connectivity index (χ0n) is 6.85. The Balaban J connectivity index is 2.74. The fourth-order valence-electron chi connectivity index (χ4n) is 0.958. The molecule has 1 rings (SSSR count). The second-order valence-electron chi connectivity index (χ2n) is 2.80. The Kier molecular flexibility index (Phi) is 2.50. The molecule has 0 fully saturated rings. The molecule has 0 radical (unpaired) electrons. The second-order valence-corrected chi connectivity index (χ2v) is 3.92. The van der Waals surface area contributed by atoms with E-state index in [1.165, 1.54) is 16.9 Å². The van der Waals surface area contributed by atoms with Gasteiger partial charge in [0.25, 0.3) is 0 Å². The van der Waals surface area contributed by atoms with E-state index in [9.17, 15) is 0 Å². The highest BCUT2D eigenvalue weighted by molar-refractivity contribution is 7.10. The summed E-state index contributed by atoms with van der Waals surface area (Å²) >= 11 is 1.85. The summed E-state index contributed by atoms with van der Waals surface area (Å²) < 4.78 is 0. The molecule has 0 saturated carbocycles. The Hall–Kier alpha value is -0.300. The van der Waals surface area contributed by atoms with Crippen molar-refractivity contribution >= 4 is 11.3 Å². The molecule has 0 N–H and O–H groups in total. The molecule has 1 unspecified atom stereocenters. The van der Waals surface area contributed by atoms with Crippen molar-refractivity contribution in [3.05, 3.63) is 21.9 Å². The fraction of sp³-hybridized carbons (Fsp3) is 0.556. The molecule has 0 aliphatic heterocycles. The van der Waals surface area contributed by atoms with Gasteiger partial charge in [0.15, 0.2) is 0 Å². The van der Waals surface area contributed by atoms with Gasteiger partial charge in [0.05, 0.1) is 0 Å². The van der Waals surface area contributed by atoms with Crippen LogP contribution in [0.3, 0.4) is 0 Å². The Bertz CT molecular complexity index is 200. The van der Waals surface area contributed by atoms with E-state index in [1.807, 2.05) is 11.3 Å². The molecule has 1 aromatic heterocycles. The van der Waals surface area contributed by atoms with Gasteiger partial charge in [-0.1, -0.05) is 13.8 Å². The van der Waals surface area contributed by atoms with Crippen molar-refractivity contribution in [2.75, 3.05) is 0 Å². The molecule has 1 heteroatoms. The average Bonchev–Trinajstić information content (AvgIpc) is 2.34. The van der Waals surface area contributed by atoms with Crippen LogP contribution in [0.2, 0.25) is 0 Å². The Labute approximate surface area is 66.9 Å². The largest absolute Gasteiger partial charge is 0.149 e. The van der Waals surface area contributed by atoms with Crippen molar-refractivity contribution in [1.82, 2.24) is 0 Å². The first kappa shape index (κ1) is 7.80. The van der Waals surface area contributed by atoms with E-state index in [4.69, 9.17) is 0 Å². The Morgan fingerprint density at radius 1 is 1.60 bits per heavy atom. The molecule has 1 aromatic rings. The molecule has 0 aliphatic rings. The molecule has 10 heavy (non-hydrogen) atoms. The third kappa shape index (κ3) is 1.60. The molecule has 0 aromatic carbocycles. The van der Waals surface area contributed by atoms with Crippen LogP contribution in [0.25, 0.3) is 0 Å². The van der Waals surface area contributed by atoms with Crippen LogP contribution < -0.4 is 0 Å². The minimum atomic E-state index is 0.741. The summed E-state index contributed by atoms with van der Waals surface area (Å²) in [5, 5.41) is 2.27. The van der Waals surface area contributed by atoms with Gasteiger partial charge in [-0.25, -0.2) is 0 Å². The molecule has 0 nitrogen and oxygen atoms in total. The van der Waals surface area contributed by atoms with Crippen molar-refractivity contribution in [2.24, 2.45) is 0 Å². The number of thiophene rings is 1. The zero-order chi connectivity index (χ0) is 7.56. The fourth-order valence-corrected chi connectivity index (χ4v) is 1.78. The lowest BCUT2D eigenvalue weighted by Crippen LogP contribution is -1.86. The second kappa shape index (κ2) is 3.20. The molecule has 0 saturated heterocycles. The minimum absolute atomic E-state index is 0.741. The van der Waals surface area contributed by atoms with E-state index in [-0.39, 0.29) is 0 Å². The summed E-state index contributed by atoms with van der Waals surface area (Å²) in [6.45, 7) is 6.68. The zero-order valence-corrected chi connectivity index (χ0v) is 7.66. The first-order chi connectivity index (χ1) is 4.74. The molecule has 0 amide bonds. The van der Waals surface area contributed by atoms with Crippen molar-refractivity contribution in [2.45, 2.75) is 33.1 Å². The summed E-state index contributed by atoms with van der Waals surface area (Å²) in [7, 11) is 0. The van der Waals surface area contributed by atoms with Crippen LogP contribution in [0.1, 0.15) is 36.6 Å². The van der Waals surface area contributed by atoms with Crippen LogP contribution in [-0.4, -0.2) is 0 Å². The lowest BCUT2D eigenvalue weighted by molar-refractivity contribution is 0.736. The summed E-state index contributed by atoms with van der Waals surface area (Å²) in [6.07, 6.45) is 1.25. The van der Waals surface area contributed by atoms with E-state index >= 15 is 0 Å². The summed E-state index contributed by atoms with van der Waals surface area (Å²) in [5.74, 6) is 0.741. The lowest BCUT2D eigenvalue weighted by Gasteiger charge is -2.03. The van der Waals surface area contributed by atoms with E-state index in [0.29, 0.717) is 0 Å². The molecular formula is C9H14S. The number of hydrogen-bond acceptors (Lipinski definition) is 1.